The Morgan fingerprint density at radius 3 is 2.50 bits per heavy atom. The second-order valence-electron chi connectivity index (χ2n) is 5.27. The molecule has 0 aliphatic carbocycles. The third-order valence-corrected chi connectivity index (χ3v) is 4.11. The van der Waals surface area contributed by atoms with Gasteiger partial charge in [-0.05, 0) is 37.0 Å². The van der Waals surface area contributed by atoms with Gasteiger partial charge in [0.15, 0.2) is 5.60 Å². The van der Waals surface area contributed by atoms with Gasteiger partial charge in [-0.2, -0.15) is 13.2 Å². The molecule has 112 valence electrons. The van der Waals surface area contributed by atoms with Gasteiger partial charge in [0.2, 0.25) is 0 Å². The highest BCUT2D eigenvalue weighted by Crippen LogP contribution is 2.41. The molecule has 1 aliphatic rings. The van der Waals surface area contributed by atoms with Crippen LogP contribution in [0.2, 0.25) is 0 Å². The Labute approximate surface area is 116 Å². The second kappa shape index (κ2) is 5.69. The summed E-state index contributed by atoms with van der Waals surface area (Å²) in [5.41, 5.74) is 0.192. The number of alkyl halides is 3. The van der Waals surface area contributed by atoms with Gasteiger partial charge < -0.3 is 4.74 Å². The highest BCUT2D eigenvalue weighted by atomic mass is 19.4. The molecule has 0 saturated carbocycles. The molecule has 1 saturated heterocycles. The van der Waals surface area contributed by atoms with Gasteiger partial charge in [0.1, 0.15) is 0 Å². The molecule has 3 nitrogen and oxygen atoms in total. The molecule has 1 aliphatic heterocycles. The number of likely N-dealkylation sites (tertiary alicyclic amines) is 1. The number of hydrogen-bond acceptors (Lipinski definition) is 3. The van der Waals surface area contributed by atoms with Crippen LogP contribution in [0.15, 0.2) is 18.5 Å². The molecule has 1 aromatic rings. The predicted molar refractivity (Wildman–Crippen MR) is 69.3 cm³/mol. The number of nitrogens with zero attached hydrogens (tertiary/aromatic N) is 2. The standard InChI is InChI=1S/C14H19F3N2O/c1-11-3-6-18-9-12(11)10-19-7-4-13(20-2,5-8-19)14(15,16)17/h3,6,9H,4-5,7-8,10H2,1-2H3. The Kier molecular flexibility index (Phi) is 4.34. The van der Waals surface area contributed by atoms with Gasteiger partial charge >= 0.3 is 6.18 Å². The summed E-state index contributed by atoms with van der Waals surface area (Å²) in [7, 11) is 1.15. The maximum absolute atomic E-state index is 13.1. The summed E-state index contributed by atoms with van der Waals surface area (Å²) >= 11 is 0. The van der Waals surface area contributed by atoms with Crippen LogP contribution in [-0.4, -0.2) is 41.9 Å². The topological polar surface area (TPSA) is 25.4 Å². The average molecular weight is 288 g/mol. The third kappa shape index (κ3) is 2.96. The van der Waals surface area contributed by atoms with Gasteiger partial charge in [0, 0.05) is 39.1 Å². The summed E-state index contributed by atoms with van der Waals surface area (Å²) in [5.74, 6) is 0. The number of pyridine rings is 1. The van der Waals surface area contributed by atoms with Gasteiger partial charge in [-0.3, -0.25) is 9.88 Å². The number of aromatic nitrogens is 1. The van der Waals surface area contributed by atoms with Crippen molar-refractivity contribution >= 4 is 0 Å². The first-order valence-corrected chi connectivity index (χ1v) is 6.62. The van der Waals surface area contributed by atoms with E-state index in [0.29, 0.717) is 19.6 Å². The first kappa shape index (κ1) is 15.3. The number of halogens is 3. The lowest BCUT2D eigenvalue weighted by Crippen LogP contribution is -2.54. The summed E-state index contributed by atoms with van der Waals surface area (Å²) in [6, 6.07) is 1.91. The van der Waals surface area contributed by atoms with Crippen LogP contribution in [0, 0.1) is 6.92 Å². The van der Waals surface area contributed by atoms with Crippen molar-refractivity contribution in [3.8, 4) is 0 Å². The van der Waals surface area contributed by atoms with Crippen LogP contribution in [0.5, 0.6) is 0 Å². The molecule has 0 amide bonds. The molecule has 1 fully saturated rings. The number of methoxy groups -OCH3 is 1. The van der Waals surface area contributed by atoms with E-state index >= 15 is 0 Å². The number of hydrogen-bond donors (Lipinski definition) is 0. The van der Waals surface area contributed by atoms with Gasteiger partial charge in [-0.25, -0.2) is 0 Å². The average Bonchev–Trinajstić information content (AvgIpc) is 2.41. The monoisotopic (exact) mass is 288 g/mol. The molecule has 20 heavy (non-hydrogen) atoms. The molecule has 2 heterocycles. The molecule has 0 spiro atoms. The van der Waals surface area contributed by atoms with Crippen molar-refractivity contribution in [1.82, 2.24) is 9.88 Å². The molecule has 0 unspecified atom stereocenters. The smallest absolute Gasteiger partial charge is 0.369 e. The van der Waals surface area contributed by atoms with Crippen molar-refractivity contribution in [2.75, 3.05) is 20.2 Å². The fraction of sp³-hybridized carbons (Fsp3) is 0.643. The molecule has 6 heteroatoms. The summed E-state index contributed by atoms with van der Waals surface area (Å²) in [4.78, 5) is 6.08. The van der Waals surface area contributed by atoms with Crippen molar-refractivity contribution in [2.45, 2.75) is 38.1 Å². The van der Waals surface area contributed by atoms with Crippen LogP contribution in [0.1, 0.15) is 24.0 Å². The van der Waals surface area contributed by atoms with Crippen molar-refractivity contribution in [3.63, 3.8) is 0 Å². The molecule has 0 aromatic carbocycles. The first-order valence-electron chi connectivity index (χ1n) is 6.62. The quantitative estimate of drug-likeness (QED) is 0.855. The zero-order valence-corrected chi connectivity index (χ0v) is 11.7. The molecular weight excluding hydrogens is 269 g/mol. The fourth-order valence-corrected chi connectivity index (χ4v) is 2.58. The molecule has 0 N–H and O–H groups in total. The Bertz CT molecular complexity index is 454. The SMILES string of the molecule is COC1(C(F)(F)F)CCN(Cc2cnccc2C)CC1. The highest BCUT2D eigenvalue weighted by molar-refractivity contribution is 5.21. The van der Waals surface area contributed by atoms with Crippen molar-refractivity contribution in [3.05, 3.63) is 29.6 Å². The van der Waals surface area contributed by atoms with E-state index in [2.05, 4.69) is 4.98 Å². The molecule has 0 radical (unpaired) electrons. The normalized spacial score (nSPS) is 20.1. The molecule has 1 aromatic heterocycles. The van der Waals surface area contributed by atoms with E-state index in [0.717, 1.165) is 18.2 Å². The molecule has 0 atom stereocenters. The zero-order chi connectivity index (χ0) is 14.8. The number of ether oxygens (including phenoxy) is 1. The zero-order valence-electron chi connectivity index (χ0n) is 11.7. The van der Waals surface area contributed by atoms with Crippen LogP contribution in [0.3, 0.4) is 0 Å². The lowest BCUT2D eigenvalue weighted by atomic mass is 9.90. The van der Waals surface area contributed by atoms with Crippen LogP contribution in [0.4, 0.5) is 13.2 Å². The lowest BCUT2D eigenvalue weighted by Gasteiger charge is -2.41. The summed E-state index contributed by atoms with van der Waals surface area (Å²) in [5, 5.41) is 0. The number of piperidine rings is 1. The Balaban J connectivity index is 2.00. The number of rotatable bonds is 3. The fourth-order valence-electron chi connectivity index (χ4n) is 2.58. The summed E-state index contributed by atoms with van der Waals surface area (Å²) in [6.45, 7) is 3.37. The maximum Gasteiger partial charge on any atom is 0.417 e. The van der Waals surface area contributed by atoms with Gasteiger partial charge in [0.05, 0.1) is 0 Å². The molecule has 0 bridgehead atoms. The Hall–Kier alpha value is -1.14. The second-order valence-corrected chi connectivity index (χ2v) is 5.27. The Morgan fingerprint density at radius 2 is 2.00 bits per heavy atom. The van der Waals surface area contributed by atoms with E-state index in [-0.39, 0.29) is 12.8 Å². The van der Waals surface area contributed by atoms with Gasteiger partial charge in [-0.1, -0.05) is 0 Å². The van der Waals surface area contributed by atoms with Crippen molar-refractivity contribution in [1.29, 1.82) is 0 Å². The third-order valence-electron chi connectivity index (χ3n) is 4.11. The van der Waals surface area contributed by atoms with E-state index in [4.69, 9.17) is 4.74 Å². The molecule has 2 rings (SSSR count). The minimum absolute atomic E-state index is 0.0215. The predicted octanol–water partition coefficient (Wildman–Crippen LogP) is 2.93. The Morgan fingerprint density at radius 1 is 1.35 bits per heavy atom. The van der Waals surface area contributed by atoms with Crippen molar-refractivity contribution < 1.29 is 17.9 Å². The van der Waals surface area contributed by atoms with Crippen LogP contribution < -0.4 is 0 Å². The van der Waals surface area contributed by atoms with E-state index in [1.54, 1.807) is 12.4 Å². The minimum atomic E-state index is -4.31. The van der Waals surface area contributed by atoms with Crippen LogP contribution in [-0.2, 0) is 11.3 Å². The first-order chi connectivity index (χ1) is 9.38. The highest BCUT2D eigenvalue weighted by Gasteiger charge is 2.56. The number of aryl methyl sites for hydroxylation is 1. The van der Waals surface area contributed by atoms with E-state index in [1.807, 2.05) is 17.9 Å². The van der Waals surface area contributed by atoms with Crippen LogP contribution >= 0.6 is 0 Å². The van der Waals surface area contributed by atoms with Gasteiger partial charge in [-0.15, -0.1) is 0 Å². The summed E-state index contributed by atoms with van der Waals surface area (Å²) < 4.78 is 44.0. The van der Waals surface area contributed by atoms with Gasteiger partial charge in [0.25, 0.3) is 0 Å². The van der Waals surface area contributed by atoms with Crippen LogP contribution in [0.25, 0.3) is 0 Å². The lowest BCUT2D eigenvalue weighted by molar-refractivity contribution is -0.282. The maximum atomic E-state index is 13.1. The van der Waals surface area contributed by atoms with Crippen molar-refractivity contribution in [2.24, 2.45) is 0 Å². The minimum Gasteiger partial charge on any atom is -0.369 e. The van der Waals surface area contributed by atoms with E-state index < -0.39 is 11.8 Å². The largest absolute Gasteiger partial charge is 0.417 e. The van der Waals surface area contributed by atoms with E-state index in [9.17, 15) is 13.2 Å². The summed E-state index contributed by atoms with van der Waals surface area (Å²) in [6.07, 6.45) is -0.859. The van der Waals surface area contributed by atoms with E-state index in [1.165, 1.54) is 0 Å². The molecular formula is C14H19F3N2O.